The maximum Gasteiger partial charge on any atom is 0.498 e. The standard InChI is InChI=1S/C44H48BClO9S/c1-29-10-22-37(23-11-29)56(47,48)53-25-9-24-51-40-27-39(41(30(2)42(40)46)45-54-43(3,4)44(5,6)55-45)52-28-34-13-12-33(31-14-18-35(49-7)19-15-31)26-38(34)32-16-20-36(50-8)21-17-32/h10-23,26-27H,9,24-25,28H2,1-8H3. The Balaban J connectivity index is 1.29. The lowest BCUT2D eigenvalue weighted by Crippen LogP contribution is -2.41. The molecule has 0 saturated carbocycles. The molecule has 56 heavy (non-hydrogen) atoms. The van der Waals surface area contributed by atoms with Crippen molar-refractivity contribution in [2.75, 3.05) is 27.4 Å². The van der Waals surface area contributed by atoms with Crippen LogP contribution in [0.2, 0.25) is 5.02 Å². The van der Waals surface area contributed by atoms with Crippen molar-refractivity contribution in [3.8, 4) is 45.3 Å². The highest BCUT2D eigenvalue weighted by Gasteiger charge is 2.53. The van der Waals surface area contributed by atoms with Gasteiger partial charge in [0.1, 0.15) is 29.6 Å². The Hall–Kier alpha value is -4.52. The Bertz CT molecular complexity index is 2240. The van der Waals surface area contributed by atoms with Gasteiger partial charge >= 0.3 is 7.12 Å². The summed E-state index contributed by atoms with van der Waals surface area (Å²) in [5.74, 6) is 2.41. The molecule has 9 nitrogen and oxygen atoms in total. The Morgan fingerprint density at radius 2 is 1.25 bits per heavy atom. The highest BCUT2D eigenvalue weighted by molar-refractivity contribution is 7.86. The third-order valence-electron chi connectivity index (χ3n) is 10.4. The van der Waals surface area contributed by atoms with Gasteiger partial charge in [-0.15, -0.1) is 0 Å². The number of benzene rings is 5. The predicted molar refractivity (Wildman–Crippen MR) is 221 cm³/mol. The van der Waals surface area contributed by atoms with Crippen molar-refractivity contribution in [2.45, 2.75) is 70.7 Å². The second-order valence-electron chi connectivity index (χ2n) is 14.7. The van der Waals surface area contributed by atoms with Gasteiger partial charge in [0.2, 0.25) is 0 Å². The summed E-state index contributed by atoms with van der Waals surface area (Å²) in [6, 6.07) is 30.4. The van der Waals surface area contributed by atoms with Gasteiger partial charge in [0.05, 0.1) is 48.6 Å². The van der Waals surface area contributed by atoms with Crippen molar-refractivity contribution in [1.82, 2.24) is 0 Å². The molecule has 5 aromatic carbocycles. The normalized spacial score (nSPS) is 14.8. The molecule has 0 atom stereocenters. The van der Waals surface area contributed by atoms with E-state index in [9.17, 15) is 8.42 Å². The molecule has 0 bridgehead atoms. The highest BCUT2D eigenvalue weighted by Crippen LogP contribution is 2.40. The van der Waals surface area contributed by atoms with E-state index in [-0.39, 0.29) is 24.7 Å². The van der Waals surface area contributed by atoms with Crippen molar-refractivity contribution in [3.63, 3.8) is 0 Å². The minimum atomic E-state index is -3.90. The molecular formula is C44H48BClO9S. The first-order valence-electron chi connectivity index (χ1n) is 18.4. The van der Waals surface area contributed by atoms with E-state index in [0.717, 1.165) is 44.9 Å². The number of methoxy groups -OCH3 is 2. The summed E-state index contributed by atoms with van der Waals surface area (Å²) >= 11 is 6.97. The maximum atomic E-state index is 12.7. The molecule has 0 unspecified atom stereocenters. The first-order chi connectivity index (χ1) is 26.6. The van der Waals surface area contributed by atoms with Crippen LogP contribution in [0, 0.1) is 13.8 Å². The van der Waals surface area contributed by atoms with Crippen LogP contribution in [-0.2, 0) is 30.2 Å². The van der Waals surface area contributed by atoms with Crippen LogP contribution in [0.1, 0.15) is 50.8 Å². The van der Waals surface area contributed by atoms with Gasteiger partial charge in [0.15, 0.2) is 0 Å². The lowest BCUT2D eigenvalue weighted by Gasteiger charge is -2.32. The molecule has 12 heteroatoms. The van der Waals surface area contributed by atoms with Gasteiger partial charge in [-0.1, -0.05) is 65.7 Å². The fourth-order valence-corrected chi connectivity index (χ4v) is 7.42. The van der Waals surface area contributed by atoms with Crippen molar-refractivity contribution in [3.05, 3.63) is 119 Å². The van der Waals surface area contributed by atoms with Gasteiger partial charge in [-0.2, -0.15) is 8.42 Å². The molecule has 6 rings (SSSR count). The van der Waals surface area contributed by atoms with Crippen LogP contribution in [0.4, 0.5) is 0 Å². The molecule has 0 spiro atoms. The Morgan fingerprint density at radius 1 is 0.679 bits per heavy atom. The third-order valence-corrected chi connectivity index (χ3v) is 12.2. The van der Waals surface area contributed by atoms with E-state index < -0.39 is 28.4 Å². The molecule has 1 saturated heterocycles. The van der Waals surface area contributed by atoms with Crippen LogP contribution in [-0.4, -0.2) is 54.2 Å². The minimum absolute atomic E-state index is 0.0666. The van der Waals surface area contributed by atoms with Crippen molar-refractivity contribution >= 4 is 34.3 Å². The summed E-state index contributed by atoms with van der Waals surface area (Å²) in [7, 11) is -1.37. The highest BCUT2D eigenvalue weighted by atomic mass is 35.5. The average molecular weight is 799 g/mol. The number of halogens is 1. The fourth-order valence-electron chi connectivity index (χ4n) is 6.27. The van der Waals surface area contributed by atoms with Gasteiger partial charge in [0.25, 0.3) is 10.1 Å². The third kappa shape index (κ3) is 9.03. The SMILES string of the molecule is COc1ccc(-c2ccc(COc3cc(OCCCOS(=O)(=O)c4ccc(C)cc4)c(Cl)c(C)c3B3OC(C)(C)C(C)(C)O3)c(-c3ccc(OC)cc3)c2)cc1. The van der Waals surface area contributed by atoms with Gasteiger partial charge in [-0.25, -0.2) is 0 Å². The van der Waals surface area contributed by atoms with Crippen LogP contribution in [0.15, 0.2) is 102 Å². The van der Waals surface area contributed by atoms with Crippen LogP contribution in [0.5, 0.6) is 23.0 Å². The summed E-state index contributed by atoms with van der Waals surface area (Å²) < 4.78 is 67.4. The van der Waals surface area contributed by atoms with Gasteiger partial charge in [0, 0.05) is 17.9 Å². The number of rotatable bonds is 15. The summed E-state index contributed by atoms with van der Waals surface area (Å²) in [4.78, 5) is 0.105. The topological polar surface area (TPSA) is 98.8 Å². The molecule has 5 aromatic rings. The van der Waals surface area contributed by atoms with E-state index in [4.69, 9.17) is 44.0 Å². The molecule has 1 aliphatic rings. The zero-order chi connectivity index (χ0) is 40.3. The smallest absolute Gasteiger partial charge is 0.497 e. The van der Waals surface area contributed by atoms with Crippen molar-refractivity contribution < 1.29 is 40.9 Å². The zero-order valence-electron chi connectivity index (χ0n) is 33.1. The number of hydrogen-bond donors (Lipinski definition) is 0. The van der Waals surface area contributed by atoms with Crippen LogP contribution >= 0.6 is 11.6 Å². The van der Waals surface area contributed by atoms with E-state index >= 15 is 0 Å². The molecule has 1 aliphatic heterocycles. The molecule has 0 aliphatic carbocycles. The van der Waals surface area contributed by atoms with E-state index in [1.165, 1.54) is 12.1 Å². The summed E-state index contributed by atoms with van der Waals surface area (Å²) in [6.07, 6.45) is 0.293. The molecule has 294 valence electrons. The molecule has 0 aromatic heterocycles. The molecule has 0 amide bonds. The molecule has 1 heterocycles. The van der Waals surface area contributed by atoms with Gasteiger partial charge in [-0.05, 0) is 117 Å². The van der Waals surface area contributed by atoms with E-state index in [1.807, 2.05) is 90.1 Å². The van der Waals surface area contributed by atoms with E-state index in [0.29, 0.717) is 34.0 Å². The Labute approximate surface area is 336 Å². The summed E-state index contributed by atoms with van der Waals surface area (Å²) in [5, 5.41) is 0.373. The van der Waals surface area contributed by atoms with Crippen molar-refractivity contribution in [1.29, 1.82) is 0 Å². The predicted octanol–water partition coefficient (Wildman–Crippen LogP) is 9.36. The second kappa shape index (κ2) is 16.9. The quantitative estimate of drug-likeness (QED) is 0.0583. The van der Waals surface area contributed by atoms with Gasteiger partial charge in [-0.3, -0.25) is 4.18 Å². The van der Waals surface area contributed by atoms with Crippen molar-refractivity contribution in [2.24, 2.45) is 0 Å². The maximum absolute atomic E-state index is 12.7. The van der Waals surface area contributed by atoms with Crippen LogP contribution < -0.4 is 24.4 Å². The van der Waals surface area contributed by atoms with E-state index in [2.05, 4.69) is 18.2 Å². The average Bonchev–Trinajstić information content (AvgIpc) is 3.40. The van der Waals surface area contributed by atoms with Gasteiger partial charge < -0.3 is 28.3 Å². The van der Waals surface area contributed by atoms with E-state index in [1.54, 1.807) is 32.4 Å². The van der Waals surface area contributed by atoms with Crippen LogP contribution in [0.3, 0.4) is 0 Å². The first kappa shape index (κ1) is 41.1. The zero-order valence-corrected chi connectivity index (χ0v) is 34.7. The van der Waals surface area contributed by atoms with Crippen LogP contribution in [0.25, 0.3) is 22.3 Å². The summed E-state index contributed by atoms with van der Waals surface area (Å²) in [6.45, 7) is 12.0. The number of aryl methyl sites for hydroxylation is 1. The minimum Gasteiger partial charge on any atom is -0.497 e. The second-order valence-corrected chi connectivity index (χ2v) is 16.7. The lowest BCUT2D eigenvalue weighted by molar-refractivity contribution is 0.00578. The monoisotopic (exact) mass is 798 g/mol. The largest absolute Gasteiger partial charge is 0.498 e. The molecule has 0 N–H and O–H groups in total. The Morgan fingerprint density at radius 3 is 1.84 bits per heavy atom. The molecule has 1 fully saturated rings. The molecule has 0 radical (unpaired) electrons. The lowest BCUT2D eigenvalue weighted by atomic mass is 9.75. The Kier molecular flexibility index (Phi) is 12.4. The first-order valence-corrected chi connectivity index (χ1v) is 20.2. The fraction of sp³-hybridized carbons (Fsp3) is 0.318. The number of ether oxygens (including phenoxy) is 4. The summed E-state index contributed by atoms with van der Waals surface area (Å²) in [5.41, 5.74) is 6.08. The number of hydrogen-bond acceptors (Lipinski definition) is 9. The molecular weight excluding hydrogens is 751 g/mol.